The fourth-order valence-electron chi connectivity index (χ4n) is 3.17. The first-order valence-corrected chi connectivity index (χ1v) is 11.3. The van der Waals surface area contributed by atoms with Gasteiger partial charge in [0.15, 0.2) is 6.10 Å². The lowest BCUT2D eigenvalue weighted by molar-refractivity contribution is -0.128. The smallest absolute Gasteiger partial charge is 0.263 e. The van der Waals surface area contributed by atoms with Gasteiger partial charge in [0, 0.05) is 0 Å². The van der Waals surface area contributed by atoms with Crippen LogP contribution in [-0.4, -0.2) is 39.3 Å². The molecule has 8 heteroatoms. The van der Waals surface area contributed by atoms with Crippen molar-refractivity contribution >= 4 is 21.6 Å². The maximum Gasteiger partial charge on any atom is 0.263 e. The van der Waals surface area contributed by atoms with Crippen LogP contribution in [0.25, 0.3) is 0 Å². The van der Waals surface area contributed by atoms with E-state index >= 15 is 0 Å². The summed E-state index contributed by atoms with van der Waals surface area (Å²) in [6, 6.07) is 14.1. The van der Waals surface area contributed by atoms with Crippen molar-refractivity contribution in [3.63, 3.8) is 0 Å². The minimum atomic E-state index is -3.53. The molecule has 0 bridgehead atoms. The second-order valence-corrected chi connectivity index (χ2v) is 8.92. The van der Waals surface area contributed by atoms with Crippen molar-refractivity contribution in [1.82, 2.24) is 5.32 Å². The molecular weight excluding hydrogens is 392 g/mol. The van der Waals surface area contributed by atoms with Gasteiger partial charge >= 0.3 is 0 Å². The zero-order valence-electron chi connectivity index (χ0n) is 16.8. The zero-order valence-corrected chi connectivity index (χ0v) is 17.6. The number of rotatable bonds is 7. The first kappa shape index (κ1) is 21.0. The zero-order chi connectivity index (χ0) is 21.0. The number of nitrogens with one attached hydrogen (secondary N) is 1. The number of para-hydroxylation sites is 2. The molecule has 1 aliphatic heterocycles. The number of fused-ring (bicyclic) bond motifs is 1. The predicted molar refractivity (Wildman–Crippen MR) is 112 cm³/mol. The molecule has 1 aliphatic rings. The van der Waals surface area contributed by atoms with Crippen molar-refractivity contribution < 1.29 is 22.7 Å². The second kappa shape index (κ2) is 8.73. The number of carbonyl (C=O) groups is 1. The van der Waals surface area contributed by atoms with E-state index in [0.717, 1.165) is 11.3 Å². The molecule has 1 amide bonds. The Morgan fingerprint density at radius 3 is 2.55 bits per heavy atom. The van der Waals surface area contributed by atoms with Crippen LogP contribution in [0.1, 0.15) is 32.4 Å². The van der Waals surface area contributed by atoms with Gasteiger partial charge in [-0.3, -0.25) is 9.10 Å². The van der Waals surface area contributed by atoms with Gasteiger partial charge in [-0.05, 0) is 50.6 Å². The van der Waals surface area contributed by atoms with E-state index in [1.165, 1.54) is 4.31 Å². The third-order valence-corrected chi connectivity index (χ3v) is 6.52. The van der Waals surface area contributed by atoms with E-state index in [0.29, 0.717) is 18.0 Å². The molecule has 1 N–H and O–H groups in total. The molecule has 2 atom stereocenters. The summed E-state index contributed by atoms with van der Waals surface area (Å²) in [5.74, 6) is 0.724. The lowest BCUT2D eigenvalue weighted by Gasteiger charge is -2.35. The third-order valence-electron chi connectivity index (χ3n) is 4.78. The molecule has 0 fully saturated rings. The van der Waals surface area contributed by atoms with E-state index in [4.69, 9.17) is 9.47 Å². The van der Waals surface area contributed by atoms with Gasteiger partial charge in [-0.1, -0.05) is 24.3 Å². The van der Waals surface area contributed by atoms with Crippen molar-refractivity contribution in [2.45, 2.75) is 32.9 Å². The lowest BCUT2D eigenvalue weighted by atomic mass is 10.1. The summed E-state index contributed by atoms with van der Waals surface area (Å²) in [5, 5.41) is 2.91. The molecule has 2 aromatic carbocycles. The number of amides is 1. The Hall–Kier alpha value is -2.74. The fourth-order valence-corrected chi connectivity index (χ4v) is 4.29. The normalized spacial score (nSPS) is 17.1. The molecule has 0 aliphatic carbocycles. The summed E-state index contributed by atoms with van der Waals surface area (Å²) < 4.78 is 37.6. The molecule has 2 aromatic rings. The van der Waals surface area contributed by atoms with Crippen LogP contribution in [0.3, 0.4) is 0 Å². The van der Waals surface area contributed by atoms with E-state index in [-0.39, 0.29) is 24.2 Å². The number of carbonyl (C=O) groups excluding carboxylic acids is 1. The van der Waals surface area contributed by atoms with Crippen LogP contribution in [0.2, 0.25) is 0 Å². The highest BCUT2D eigenvalue weighted by Gasteiger charge is 2.36. The van der Waals surface area contributed by atoms with E-state index in [1.54, 1.807) is 31.2 Å². The highest BCUT2D eigenvalue weighted by Crippen LogP contribution is 2.35. The molecule has 0 unspecified atom stereocenters. The summed E-state index contributed by atoms with van der Waals surface area (Å²) in [4.78, 5) is 12.8. The van der Waals surface area contributed by atoms with Crippen molar-refractivity contribution in [1.29, 1.82) is 0 Å². The molecule has 7 nitrogen and oxygen atoms in total. The van der Waals surface area contributed by atoms with Crippen LogP contribution in [0.5, 0.6) is 11.5 Å². The predicted octanol–water partition coefficient (Wildman–Crippen LogP) is 2.88. The highest BCUT2D eigenvalue weighted by atomic mass is 32.2. The highest BCUT2D eigenvalue weighted by molar-refractivity contribution is 7.92. The van der Waals surface area contributed by atoms with E-state index in [2.05, 4.69) is 5.32 Å². The Balaban J connectivity index is 1.75. The lowest BCUT2D eigenvalue weighted by Crippen LogP contribution is -2.51. The largest absolute Gasteiger partial charge is 0.494 e. The number of anilines is 1. The first-order chi connectivity index (χ1) is 13.9. The summed E-state index contributed by atoms with van der Waals surface area (Å²) in [6.45, 7) is 5.89. The van der Waals surface area contributed by atoms with E-state index < -0.39 is 16.1 Å². The Kier molecular flexibility index (Phi) is 6.32. The molecule has 1 heterocycles. The van der Waals surface area contributed by atoms with Crippen LogP contribution >= 0.6 is 0 Å². The Morgan fingerprint density at radius 1 is 1.21 bits per heavy atom. The van der Waals surface area contributed by atoms with Crippen LogP contribution in [-0.2, 0) is 14.8 Å². The van der Waals surface area contributed by atoms with Gasteiger partial charge in [0.05, 0.1) is 30.6 Å². The summed E-state index contributed by atoms with van der Waals surface area (Å²) in [7, 11) is -3.53. The van der Waals surface area contributed by atoms with Gasteiger partial charge in [0.1, 0.15) is 11.5 Å². The topological polar surface area (TPSA) is 84.9 Å². The minimum Gasteiger partial charge on any atom is -0.494 e. The standard InChI is InChI=1S/C21H26N2O5S/c1-4-27-17-12-10-16(11-13-17)15(3)22-21(24)20-14-23(29(25,26)5-2)18-8-6-7-9-19(18)28-20/h6-13,15,20H,4-5,14H2,1-3H3,(H,22,24)/t15-,20-/m0/s1. The van der Waals surface area contributed by atoms with Crippen molar-refractivity contribution in [3.05, 3.63) is 54.1 Å². The fraction of sp³-hybridized carbons (Fsp3) is 0.381. The number of benzene rings is 2. The van der Waals surface area contributed by atoms with Gasteiger partial charge < -0.3 is 14.8 Å². The molecule has 156 valence electrons. The van der Waals surface area contributed by atoms with Gasteiger partial charge in [0.25, 0.3) is 5.91 Å². The Labute approximate surface area is 171 Å². The molecule has 0 aromatic heterocycles. The van der Waals surface area contributed by atoms with Gasteiger partial charge in [0.2, 0.25) is 10.0 Å². The maximum atomic E-state index is 12.8. The molecule has 0 radical (unpaired) electrons. The first-order valence-electron chi connectivity index (χ1n) is 9.65. The average Bonchev–Trinajstić information content (AvgIpc) is 2.73. The number of nitrogens with zero attached hydrogens (tertiary/aromatic N) is 1. The third kappa shape index (κ3) is 4.64. The number of sulfonamides is 1. The van der Waals surface area contributed by atoms with Crippen LogP contribution in [0.15, 0.2) is 48.5 Å². The minimum absolute atomic E-state index is 0.0573. The number of hydrogen-bond donors (Lipinski definition) is 1. The number of ether oxygens (including phenoxy) is 2. The summed E-state index contributed by atoms with van der Waals surface area (Å²) in [6.07, 6.45) is -0.934. The van der Waals surface area contributed by atoms with E-state index in [1.807, 2.05) is 38.1 Å². The van der Waals surface area contributed by atoms with Crippen molar-refractivity contribution in [2.75, 3.05) is 23.2 Å². The van der Waals surface area contributed by atoms with Crippen molar-refractivity contribution in [2.24, 2.45) is 0 Å². The van der Waals surface area contributed by atoms with Gasteiger partial charge in [-0.2, -0.15) is 0 Å². The summed E-state index contributed by atoms with van der Waals surface area (Å²) >= 11 is 0. The van der Waals surface area contributed by atoms with Crippen LogP contribution in [0, 0.1) is 0 Å². The van der Waals surface area contributed by atoms with Crippen LogP contribution in [0.4, 0.5) is 5.69 Å². The maximum absolute atomic E-state index is 12.8. The second-order valence-electron chi connectivity index (χ2n) is 6.74. The molecule has 0 spiro atoms. The van der Waals surface area contributed by atoms with Gasteiger partial charge in [-0.15, -0.1) is 0 Å². The van der Waals surface area contributed by atoms with Crippen molar-refractivity contribution in [3.8, 4) is 11.5 Å². The molecule has 29 heavy (non-hydrogen) atoms. The Bertz CT molecular complexity index is 959. The van der Waals surface area contributed by atoms with Gasteiger partial charge in [-0.25, -0.2) is 8.42 Å². The van der Waals surface area contributed by atoms with E-state index in [9.17, 15) is 13.2 Å². The van der Waals surface area contributed by atoms with Crippen LogP contribution < -0.4 is 19.1 Å². The molecule has 0 saturated heterocycles. The number of hydrogen-bond acceptors (Lipinski definition) is 5. The molecular formula is C21H26N2O5S. The quantitative estimate of drug-likeness (QED) is 0.747. The SMILES string of the molecule is CCOc1ccc([C@H](C)NC(=O)[C@@H]2CN(S(=O)(=O)CC)c3ccccc3O2)cc1. The summed E-state index contributed by atoms with van der Waals surface area (Å²) in [5.41, 5.74) is 1.37. The average molecular weight is 419 g/mol. The molecule has 3 rings (SSSR count). The monoisotopic (exact) mass is 418 g/mol. The molecule has 0 saturated carbocycles. The Morgan fingerprint density at radius 2 is 1.90 bits per heavy atom.